The zero-order valence-corrected chi connectivity index (χ0v) is 14.1. The van der Waals surface area contributed by atoms with Gasteiger partial charge in [-0.3, -0.25) is 0 Å². The van der Waals surface area contributed by atoms with Crippen LogP contribution in [0.4, 0.5) is 0 Å². The lowest BCUT2D eigenvalue weighted by Crippen LogP contribution is -2.67. The molecule has 0 aromatic heterocycles. The molecule has 2 unspecified atom stereocenters. The molecule has 1 aliphatic carbocycles. The molecule has 1 N–H and O–H groups in total. The number of hydrogen-bond donors (Lipinski definition) is 1. The SMILES string of the molecule is CC(C)(C)C12CCCCC(C3CCCCC3)(CCC1)N2. The third-order valence-corrected chi connectivity index (χ3v) is 7.01. The minimum Gasteiger partial charge on any atom is -0.305 e. The summed E-state index contributed by atoms with van der Waals surface area (Å²) < 4.78 is 0. The standard InChI is InChI=1S/C19H35N/c1-17(2,3)19-14-8-7-12-18(20-19,13-9-15-19)16-10-5-4-6-11-16/h16,20H,4-15H2,1-3H3. The maximum Gasteiger partial charge on any atom is 0.0235 e. The molecule has 116 valence electrons. The Morgan fingerprint density at radius 2 is 1.35 bits per heavy atom. The van der Waals surface area contributed by atoms with Crippen molar-refractivity contribution in [2.75, 3.05) is 0 Å². The van der Waals surface area contributed by atoms with Gasteiger partial charge in [-0.2, -0.15) is 0 Å². The van der Waals surface area contributed by atoms with Crippen LogP contribution in [0.2, 0.25) is 0 Å². The topological polar surface area (TPSA) is 12.0 Å². The summed E-state index contributed by atoms with van der Waals surface area (Å²) in [5.74, 6) is 0.969. The van der Waals surface area contributed by atoms with Crippen molar-refractivity contribution < 1.29 is 0 Å². The van der Waals surface area contributed by atoms with Crippen LogP contribution in [0.5, 0.6) is 0 Å². The van der Waals surface area contributed by atoms with Crippen LogP contribution in [0.1, 0.15) is 97.8 Å². The number of nitrogens with one attached hydrogen (secondary N) is 1. The van der Waals surface area contributed by atoms with Crippen LogP contribution >= 0.6 is 0 Å². The van der Waals surface area contributed by atoms with Crippen molar-refractivity contribution in [1.82, 2.24) is 5.32 Å². The van der Waals surface area contributed by atoms with E-state index in [1.165, 1.54) is 77.0 Å². The first kappa shape index (κ1) is 14.9. The van der Waals surface area contributed by atoms with Crippen LogP contribution < -0.4 is 5.32 Å². The summed E-state index contributed by atoms with van der Waals surface area (Å²) in [6, 6.07) is 0. The van der Waals surface area contributed by atoms with E-state index < -0.39 is 0 Å². The van der Waals surface area contributed by atoms with Crippen LogP contribution in [0, 0.1) is 11.3 Å². The normalized spacial score (nSPS) is 40.4. The first-order chi connectivity index (χ1) is 9.48. The molecule has 0 aromatic rings. The molecule has 3 aliphatic rings. The molecular formula is C19H35N. The van der Waals surface area contributed by atoms with Crippen molar-refractivity contribution in [3.05, 3.63) is 0 Å². The second-order valence-corrected chi connectivity index (χ2v) is 9.01. The first-order valence-electron chi connectivity index (χ1n) is 9.27. The molecule has 20 heavy (non-hydrogen) atoms. The van der Waals surface area contributed by atoms with Crippen molar-refractivity contribution in [2.45, 2.75) is 109 Å². The Morgan fingerprint density at radius 3 is 2.05 bits per heavy atom. The molecule has 0 amide bonds. The maximum atomic E-state index is 4.35. The molecule has 2 bridgehead atoms. The Hall–Kier alpha value is -0.0400. The van der Waals surface area contributed by atoms with Crippen LogP contribution in [0.3, 0.4) is 0 Å². The lowest BCUT2D eigenvalue weighted by atomic mass is 9.61. The molecule has 1 saturated carbocycles. The Morgan fingerprint density at radius 1 is 0.750 bits per heavy atom. The molecular weight excluding hydrogens is 242 g/mol. The number of hydrogen-bond acceptors (Lipinski definition) is 1. The second kappa shape index (κ2) is 5.30. The highest BCUT2D eigenvalue weighted by molar-refractivity contribution is 5.11. The molecule has 3 rings (SSSR count). The minimum absolute atomic E-state index is 0.400. The van der Waals surface area contributed by atoms with Crippen molar-refractivity contribution in [3.63, 3.8) is 0 Å². The summed E-state index contributed by atoms with van der Waals surface area (Å²) in [4.78, 5) is 0. The second-order valence-electron chi connectivity index (χ2n) is 9.01. The summed E-state index contributed by atoms with van der Waals surface area (Å²) in [6.45, 7) is 7.42. The summed E-state index contributed by atoms with van der Waals surface area (Å²) in [5, 5.41) is 4.35. The molecule has 2 aliphatic heterocycles. The van der Waals surface area contributed by atoms with Gasteiger partial charge in [0.05, 0.1) is 0 Å². The predicted molar refractivity (Wildman–Crippen MR) is 86.9 cm³/mol. The highest BCUT2D eigenvalue weighted by Gasteiger charge is 2.53. The Labute approximate surface area is 126 Å². The molecule has 2 atom stereocenters. The van der Waals surface area contributed by atoms with Gasteiger partial charge in [0.25, 0.3) is 0 Å². The average molecular weight is 277 g/mol. The van der Waals surface area contributed by atoms with Crippen LogP contribution in [-0.4, -0.2) is 11.1 Å². The Bertz CT molecular complexity index is 336. The van der Waals surface area contributed by atoms with Gasteiger partial charge in [-0.15, -0.1) is 0 Å². The summed E-state index contributed by atoms with van der Waals surface area (Å²) in [7, 11) is 0. The number of piperidine rings is 1. The smallest absolute Gasteiger partial charge is 0.0235 e. The molecule has 0 radical (unpaired) electrons. The molecule has 1 nitrogen and oxygen atoms in total. The summed E-state index contributed by atoms with van der Waals surface area (Å²) in [6.07, 6.45) is 17.5. The van der Waals surface area contributed by atoms with Gasteiger partial charge in [0.2, 0.25) is 0 Å². The Balaban J connectivity index is 1.89. The van der Waals surface area contributed by atoms with Gasteiger partial charge in [0, 0.05) is 11.1 Å². The Kier molecular flexibility index (Phi) is 3.95. The molecule has 3 fully saturated rings. The lowest BCUT2D eigenvalue weighted by Gasteiger charge is -2.57. The van der Waals surface area contributed by atoms with Gasteiger partial charge < -0.3 is 5.32 Å². The monoisotopic (exact) mass is 277 g/mol. The van der Waals surface area contributed by atoms with E-state index in [9.17, 15) is 0 Å². The van der Waals surface area contributed by atoms with Gasteiger partial charge in [0.1, 0.15) is 0 Å². The molecule has 1 heteroatoms. The third-order valence-electron chi connectivity index (χ3n) is 7.01. The first-order valence-corrected chi connectivity index (χ1v) is 9.27. The summed E-state index contributed by atoms with van der Waals surface area (Å²) in [5.41, 5.74) is 1.32. The quantitative estimate of drug-likeness (QED) is 0.673. The van der Waals surface area contributed by atoms with Crippen molar-refractivity contribution in [2.24, 2.45) is 11.3 Å². The highest BCUT2D eigenvalue weighted by atomic mass is 15.1. The van der Waals surface area contributed by atoms with Crippen molar-refractivity contribution in [3.8, 4) is 0 Å². The average Bonchev–Trinajstić information content (AvgIpc) is 2.57. The van der Waals surface area contributed by atoms with Crippen LogP contribution in [0.15, 0.2) is 0 Å². The molecule has 2 heterocycles. The largest absolute Gasteiger partial charge is 0.305 e. The van der Waals surface area contributed by atoms with Gasteiger partial charge in [-0.1, -0.05) is 52.9 Å². The van der Waals surface area contributed by atoms with Gasteiger partial charge in [0.15, 0.2) is 0 Å². The van der Waals surface area contributed by atoms with E-state index in [0.717, 1.165) is 5.92 Å². The van der Waals surface area contributed by atoms with E-state index in [2.05, 4.69) is 26.1 Å². The fraction of sp³-hybridized carbons (Fsp3) is 1.00. The van der Waals surface area contributed by atoms with Crippen LogP contribution in [0.25, 0.3) is 0 Å². The van der Waals surface area contributed by atoms with Crippen molar-refractivity contribution >= 4 is 0 Å². The fourth-order valence-corrected chi connectivity index (χ4v) is 5.65. The predicted octanol–water partition coefficient (Wildman–Crippen LogP) is 5.44. The lowest BCUT2D eigenvalue weighted by molar-refractivity contribution is 0.00345. The van der Waals surface area contributed by atoms with E-state index in [4.69, 9.17) is 0 Å². The van der Waals surface area contributed by atoms with Gasteiger partial charge >= 0.3 is 0 Å². The maximum absolute atomic E-state index is 4.35. The van der Waals surface area contributed by atoms with E-state index in [1.807, 2.05) is 0 Å². The molecule has 2 saturated heterocycles. The van der Waals surface area contributed by atoms with E-state index >= 15 is 0 Å². The zero-order valence-electron chi connectivity index (χ0n) is 14.1. The van der Waals surface area contributed by atoms with E-state index in [0.29, 0.717) is 16.5 Å². The number of rotatable bonds is 1. The highest BCUT2D eigenvalue weighted by Crippen LogP contribution is 2.51. The fourth-order valence-electron chi connectivity index (χ4n) is 5.65. The minimum atomic E-state index is 0.400. The van der Waals surface area contributed by atoms with Gasteiger partial charge in [-0.05, 0) is 56.3 Å². The van der Waals surface area contributed by atoms with E-state index in [-0.39, 0.29) is 0 Å². The van der Waals surface area contributed by atoms with Crippen molar-refractivity contribution in [1.29, 1.82) is 0 Å². The summed E-state index contributed by atoms with van der Waals surface area (Å²) >= 11 is 0. The molecule has 0 aromatic carbocycles. The third kappa shape index (κ3) is 2.45. The van der Waals surface area contributed by atoms with Crippen LogP contribution in [-0.2, 0) is 0 Å². The molecule has 0 spiro atoms. The number of fused-ring (bicyclic) bond motifs is 2. The van der Waals surface area contributed by atoms with Gasteiger partial charge in [-0.25, -0.2) is 0 Å². The van der Waals surface area contributed by atoms with E-state index in [1.54, 1.807) is 0 Å². The zero-order chi connectivity index (χ0) is 14.3.